The van der Waals surface area contributed by atoms with Gasteiger partial charge in [0.15, 0.2) is 0 Å². The molecule has 6 aromatic carbocycles. The number of ether oxygens (including phenoxy) is 4. The van der Waals surface area contributed by atoms with Crippen LogP contribution in [0.3, 0.4) is 0 Å². The molecule has 10 aliphatic rings. The van der Waals surface area contributed by atoms with Crippen molar-refractivity contribution < 1.29 is 73.7 Å². The van der Waals surface area contributed by atoms with E-state index in [9.17, 15) is 0 Å². The van der Waals surface area contributed by atoms with Gasteiger partial charge in [-0.05, 0) is 147 Å². The third-order valence-electron chi connectivity index (χ3n) is 22.5. The molecule has 6 aromatic rings. The fraction of sp³-hybridized carbons (Fsp3) is 0.500. The second kappa shape index (κ2) is 28.2. The fourth-order valence-corrected chi connectivity index (χ4v) is 60.3. The second-order valence-corrected chi connectivity index (χ2v) is 53.3. The Labute approximate surface area is 580 Å². The molecular formula is C72H94O17Si8. The van der Waals surface area contributed by atoms with Crippen molar-refractivity contribution in [2.45, 2.75) is 176 Å². The van der Waals surface area contributed by atoms with Gasteiger partial charge in [-0.25, -0.2) is 0 Å². The van der Waals surface area contributed by atoms with E-state index >= 15 is 0 Å². The van der Waals surface area contributed by atoms with Gasteiger partial charge in [0.25, 0.3) is 0 Å². The molecule has 14 atom stereocenters. The van der Waals surface area contributed by atoms with E-state index < -0.39 is 69.9 Å². The zero-order valence-corrected chi connectivity index (χ0v) is 64.3. The van der Waals surface area contributed by atoms with Gasteiger partial charge in [0.2, 0.25) is 0 Å². The van der Waals surface area contributed by atoms with E-state index in [2.05, 4.69) is 121 Å². The van der Waals surface area contributed by atoms with Crippen molar-refractivity contribution in [1.82, 2.24) is 0 Å². The van der Waals surface area contributed by atoms with Gasteiger partial charge in [-0.15, -0.1) is 0 Å². The predicted octanol–water partition coefficient (Wildman–Crippen LogP) is 9.54. The van der Waals surface area contributed by atoms with E-state index in [0.717, 1.165) is 108 Å². The molecule has 0 N–H and O–H groups in total. The number of hydrogen-bond acceptors (Lipinski definition) is 17. The van der Waals surface area contributed by atoms with Gasteiger partial charge in [-0.3, -0.25) is 0 Å². The largest absolute Gasteiger partial charge is 0.529 e. The van der Waals surface area contributed by atoms with Crippen molar-refractivity contribution in [2.75, 3.05) is 28.4 Å². The lowest BCUT2D eigenvalue weighted by Gasteiger charge is -2.57. The van der Waals surface area contributed by atoms with Crippen LogP contribution in [0.5, 0.6) is 0 Å². The molecule has 10 fully saturated rings. The number of epoxide rings is 4. The molecule has 6 saturated heterocycles. The summed E-state index contributed by atoms with van der Waals surface area (Å²) in [6.07, 6.45) is 16.3. The molecule has 16 rings (SSSR count). The van der Waals surface area contributed by atoms with Crippen molar-refractivity contribution in [2.24, 2.45) is 23.7 Å². The van der Waals surface area contributed by atoms with Crippen LogP contribution >= 0.6 is 0 Å². The molecule has 4 aliphatic carbocycles. The summed E-state index contributed by atoms with van der Waals surface area (Å²) in [5.41, 5.74) is 0. The highest BCUT2D eigenvalue weighted by Crippen LogP contribution is 2.52. The Kier molecular flexibility index (Phi) is 19.7. The summed E-state index contributed by atoms with van der Waals surface area (Å²) in [6.45, 7) is 0. The molecule has 17 nitrogen and oxygen atoms in total. The summed E-state index contributed by atoms with van der Waals surface area (Å²) in [6, 6.07) is 63.6. The Bertz CT molecular complexity index is 3310. The lowest BCUT2D eigenvalue weighted by Crippen LogP contribution is -2.85. The molecule has 0 amide bonds. The molecule has 14 unspecified atom stereocenters. The first kappa shape index (κ1) is 67.8. The minimum absolute atomic E-state index is 0.200. The number of fused-ring (bicyclic) bond motifs is 6. The third kappa shape index (κ3) is 14.2. The van der Waals surface area contributed by atoms with E-state index in [1.807, 2.05) is 60.7 Å². The minimum atomic E-state index is -4.80. The van der Waals surface area contributed by atoms with Crippen molar-refractivity contribution in [1.29, 1.82) is 0 Å². The molecular weight excluding hydrogens is 1360 g/mol. The number of rotatable bonds is 26. The highest BCUT2D eigenvalue weighted by atomic mass is 28.6. The first-order valence-electron chi connectivity index (χ1n) is 35.9. The number of hydrogen-bond donors (Lipinski definition) is 0. The van der Waals surface area contributed by atoms with E-state index in [1.54, 1.807) is 28.4 Å². The highest BCUT2D eigenvalue weighted by Gasteiger charge is 2.76. The smallest absolute Gasteiger partial charge is 0.387 e. The van der Waals surface area contributed by atoms with Crippen molar-refractivity contribution >= 4 is 101 Å². The third-order valence-corrected chi connectivity index (χ3v) is 56.4. The molecule has 97 heavy (non-hydrogen) atoms. The maximum absolute atomic E-state index is 9.05. The van der Waals surface area contributed by atoms with Crippen LogP contribution in [0.25, 0.3) is 0 Å². The van der Waals surface area contributed by atoms with Crippen molar-refractivity contribution in [3.05, 3.63) is 182 Å². The second-order valence-electron chi connectivity index (χ2n) is 28.7. The van der Waals surface area contributed by atoms with Crippen LogP contribution in [-0.2, 0) is 73.7 Å². The van der Waals surface area contributed by atoms with Crippen LogP contribution in [0.2, 0.25) is 24.2 Å². The van der Waals surface area contributed by atoms with Crippen LogP contribution in [0.4, 0.5) is 0 Å². The lowest BCUT2D eigenvalue weighted by molar-refractivity contribution is 0.0481. The zero-order chi connectivity index (χ0) is 65.8. The molecule has 6 aliphatic heterocycles. The lowest BCUT2D eigenvalue weighted by atomic mass is 9.88. The zero-order valence-electron chi connectivity index (χ0n) is 56.3. The topological polar surface area (TPSA) is 170 Å². The molecule has 516 valence electrons. The Hall–Kier alpha value is -3.62. The van der Waals surface area contributed by atoms with E-state index in [0.29, 0.717) is 68.2 Å². The van der Waals surface area contributed by atoms with Crippen LogP contribution in [0.15, 0.2) is 182 Å². The quantitative estimate of drug-likeness (QED) is 0.0371. The molecule has 0 radical (unpaired) electrons. The van der Waals surface area contributed by atoms with Crippen molar-refractivity contribution in [3.63, 3.8) is 0 Å². The van der Waals surface area contributed by atoms with Crippen molar-refractivity contribution in [3.8, 4) is 0 Å². The SMILES string of the molecule is CO[Si](OC)(O[Si]1(CCC2CCC3OC3C2)O[Si]2(CCC3CCC4OC4C3)O[Si](CCC3CCC4OC4C3)(O[Si](OC)(OC)c3ccccc3)O[Si](c3ccccc3)(c3ccccc3)O[Si](CCC3CCC4OC4C3)(O2)O[Si](c2ccccc2)(c2ccccc2)O1)c1ccccc1. The standard InChI is InChI=1S/C72H94O17Si8/c1-73-96(74-2,63-31-19-9-20-32-63)88-92(49-45-57-37-41-67-71(53-57)79-67)82-90(47-43-55-35-39-65-69(51-55)77-65)81-91(48-44-56-36-40-66-70(52-56)78-66,84-94(86-92,59-23-11-5-12-24-59)60-25-13-6-14-26-60)85-95(61-27-15-7-16-28-61,62-29-17-8-18-30-62)87-93(83-90,50-46-58-38-42-68-72(54-58)80-68)89-97(75-3,76-4)64-33-21-10-22-34-64/h5-34,55-58,65-72H,35-54H2,1-4H3. The van der Waals surface area contributed by atoms with Gasteiger partial charge in [0.1, 0.15) is 0 Å². The summed E-state index contributed by atoms with van der Waals surface area (Å²) < 4.78 is 133. The summed E-state index contributed by atoms with van der Waals surface area (Å²) in [7, 11) is -29.3. The van der Waals surface area contributed by atoms with E-state index in [1.165, 1.54) is 0 Å². The molecule has 0 spiro atoms. The van der Waals surface area contributed by atoms with Gasteiger partial charge in [-0.2, -0.15) is 0 Å². The van der Waals surface area contributed by atoms with Crippen LogP contribution in [0.1, 0.15) is 103 Å². The highest BCUT2D eigenvalue weighted by molar-refractivity contribution is 7.08. The maximum atomic E-state index is 9.05. The average molecular weight is 1460 g/mol. The summed E-state index contributed by atoms with van der Waals surface area (Å²) in [5.74, 6) is 1.00. The fourth-order valence-electron chi connectivity index (χ4n) is 17.1. The minimum Gasteiger partial charge on any atom is -0.387 e. The summed E-state index contributed by atoms with van der Waals surface area (Å²) in [5, 5.41) is 4.88. The van der Waals surface area contributed by atoms with E-state index in [-0.39, 0.29) is 54.2 Å². The van der Waals surface area contributed by atoms with E-state index in [4.69, 9.17) is 73.7 Å². The Morgan fingerprint density at radius 3 is 0.845 bits per heavy atom. The van der Waals surface area contributed by atoms with Gasteiger partial charge in [0, 0.05) is 63.0 Å². The van der Waals surface area contributed by atoms with Crippen LogP contribution < -0.4 is 31.1 Å². The molecule has 0 aromatic heterocycles. The molecule has 4 saturated carbocycles. The summed E-state index contributed by atoms with van der Waals surface area (Å²) in [4.78, 5) is 0. The maximum Gasteiger partial charge on any atom is 0.529 e. The average Bonchev–Trinajstić information content (AvgIpc) is 1.35. The Balaban J connectivity index is 0.989. The monoisotopic (exact) mass is 1450 g/mol. The summed E-state index contributed by atoms with van der Waals surface area (Å²) >= 11 is 0. The Morgan fingerprint density at radius 1 is 0.299 bits per heavy atom. The first-order valence-corrected chi connectivity index (χ1v) is 50.7. The first-order chi connectivity index (χ1) is 47.4. The van der Waals surface area contributed by atoms with Crippen LogP contribution in [-0.4, -0.2) is 147 Å². The normalized spacial score (nSPS) is 35.4. The van der Waals surface area contributed by atoms with Crippen LogP contribution in [0, 0.1) is 23.7 Å². The van der Waals surface area contributed by atoms with Gasteiger partial charge in [0.05, 0.1) is 48.8 Å². The van der Waals surface area contributed by atoms with Gasteiger partial charge in [-0.1, -0.05) is 182 Å². The Morgan fingerprint density at radius 2 is 0.567 bits per heavy atom. The number of benzene rings is 6. The van der Waals surface area contributed by atoms with Gasteiger partial charge < -0.3 is 73.7 Å². The molecule has 6 heterocycles. The molecule has 25 heteroatoms. The van der Waals surface area contributed by atoms with Gasteiger partial charge >= 0.3 is 69.9 Å². The predicted molar refractivity (Wildman–Crippen MR) is 382 cm³/mol. The molecule has 2 bridgehead atoms.